The summed E-state index contributed by atoms with van der Waals surface area (Å²) >= 11 is 5.96. The largest absolute Gasteiger partial charge is 0.345 e. The molecule has 1 unspecified atom stereocenters. The number of carbonyl (C=O) groups excluding carboxylic acids is 1. The molecule has 4 aromatic rings. The van der Waals surface area contributed by atoms with Crippen molar-refractivity contribution < 1.29 is 9.32 Å². The SMILES string of the molecule is Cc1cccc(C(NC(=O)C2CCN(Cc3nc(-c4ccc(Cl)cc4)no3)CC2)c2ccccc2)c1. The first-order chi connectivity index (χ1) is 17.5. The minimum absolute atomic E-state index is 0.0235. The van der Waals surface area contributed by atoms with Crippen molar-refractivity contribution >= 4 is 17.5 Å². The topological polar surface area (TPSA) is 71.3 Å². The molecule has 1 N–H and O–H groups in total. The molecule has 1 saturated heterocycles. The van der Waals surface area contributed by atoms with Gasteiger partial charge in [0.1, 0.15) is 0 Å². The molecule has 1 atom stereocenters. The first-order valence-corrected chi connectivity index (χ1v) is 12.7. The lowest BCUT2D eigenvalue weighted by Crippen LogP contribution is -2.41. The molecular formula is C29H29ClN4O2. The summed E-state index contributed by atoms with van der Waals surface area (Å²) in [6.07, 6.45) is 1.58. The Balaban J connectivity index is 1.19. The number of amides is 1. The Morgan fingerprint density at radius 1 is 1.03 bits per heavy atom. The smallest absolute Gasteiger partial charge is 0.241 e. The maximum Gasteiger partial charge on any atom is 0.241 e. The molecule has 36 heavy (non-hydrogen) atoms. The van der Waals surface area contributed by atoms with Gasteiger partial charge in [-0.2, -0.15) is 4.98 Å². The predicted octanol–water partition coefficient (Wildman–Crippen LogP) is 5.82. The van der Waals surface area contributed by atoms with Crippen LogP contribution in [0.4, 0.5) is 0 Å². The van der Waals surface area contributed by atoms with E-state index in [-0.39, 0.29) is 17.9 Å². The van der Waals surface area contributed by atoms with Gasteiger partial charge in [0.2, 0.25) is 17.6 Å². The number of benzene rings is 3. The van der Waals surface area contributed by atoms with Gasteiger partial charge in [0.15, 0.2) is 0 Å². The van der Waals surface area contributed by atoms with Crippen LogP contribution in [0.3, 0.4) is 0 Å². The molecule has 0 spiro atoms. The summed E-state index contributed by atoms with van der Waals surface area (Å²) in [5.74, 6) is 1.21. The van der Waals surface area contributed by atoms with Crippen molar-refractivity contribution in [3.8, 4) is 11.4 Å². The predicted molar refractivity (Wildman–Crippen MR) is 140 cm³/mol. The zero-order chi connectivity index (χ0) is 24.9. The highest BCUT2D eigenvalue weighted by atomic mass is 35.5. The van der Waals surface area contributed by atoms with Crippen molar-refractivity contribution in [2.24, 2.45) is 5.92 Å². The van der Waals surface area contributed by atoms with E-state index in [4.69, 9.17) is 16.1 Å². The van der Waals surface area contributed by atoms with Crippen molar-refractivity contribution in [2.45, 2.75) is 32.4 Å². The lowest BCUT2D eigenvalue weighted by Gasteiger charge is -2.31. The molecule has 7 heteroatoms. The second-order valence-corrected chi connectivity index (χ2v) is 9.77. The van der Waals surface area contributed by atoms with E-state index in [0.29, 0.717) is 23.3 Å². The fourth-order valence-electron chi connectivity index (χ4n) is 4.69. The molecule has 0 radical (unpaired) electrons. The second kappa shape index (κ2) is 11.1. The second-order valence-electron chi connectivity index (χ2n) is 9.34. The van der Waals surface area contributed by atoms with Crippen LogP contribution in [-0.4, -0.2) is 34.0 Å². The Bertz CT molecular complexity index is 1300. The Morgan fingerprint density at radius 2 is 1.75 bits per heavy atom. The van der Waals surface area contributed by atoms with Crippen molar-refractivity contribution in [3.63, 3.8) is 0 Å². The van der Waals surface area contributed by atoms with Crippen LogP contribution < -0.4 is 5.32 Å². The van der Waals surface area contributed by atoms with Gasteiger partial charge in [-0.15, -0.1) is 0 Å². The molecule has 2 heterocycles. The molecule has 1 aliphatic heterocycles. The van der Waals surface area contributed by atoms with E-state index in [0.717, 1.165) is 42.6 Å². The molecule has 6 nitrogen and oxygen atoms in total. The summed E-state index contributed by atoms with van der Waals surface area (Å²) in [4.78, 5) is 20.1. The van der Waals surface area contributed by atoms with E-state index in [2.05, 4.69) is 57.6 Å². The normalized spacial score (nSPS) is 15.5. The highest BCUT2D eigenvalue weighted by Crippen LogP contribution is 2.26. The van der Waals surface area contributed by atoms with Crippen molar-refractivity contribution in [3.05, 3.63) is 106 Å². The van der Waals surface area contributed by atoms with Crippen LogP contribution in [0.25, 0.3) is 11.4 Å². The van der Waals surface area contributed by atoms with Crippen molar-refractivity contribution in [1.82, 2.24) is 20.4 Å². The lowest BCUT2D eigenvalue weighted by atomic mass is 9.93. The summed E-state index contributed by atoms with van der Waals surface area (Å²) in [6, 6.07) is 25.7. The van der Waals surface area contributed by atoms with Crippen LogP contribution in [0.1, 0.15) is 41.5 Å². The fourth-order valence-corrected chi connectivity index (χ4v) is 4.82. The van der Waals surface area contributed by atoms with Crippen molar-refractivity contribution in [1.29, 1.82) is 0 Å². The van der Waals surface area contributed by atoms with Gasteiger partial charge in [0.05, 0.1) is 12.6 Å². The monoisotopic (exact) mass is 500 g/mol. The van der Waals surface area contributed by atoms with Gasteiger partial charge in [0.25, 0.3) is 0 Å². The Hall–Kier alpha value is -3.48. The van der Waals surface area contributed by atoms with E-state index < -0.39 is 0 Å². The number of aryl methyl sites for hydroxylation is 1. The number of rotatable bonds is 7. The van der Waals surface area contributed by atoms with Crippen LogP contribution in [0.15, 0.2) is 83.4 Å². The number of nitrogens with zero attached hydrogens (tertiary/aromatic N) is 3. The molecular weight excluding hydrogens is 472 g/mol. The average Bonchev–Trinajstić information content (AvgIpc) is 3.37. The molecule has 1 fully saturated rings. The molecule has 1 aromatic heterocycles. The van der Waals surface area contributed by atoms with E-state index in [1.165, 1.54) is 5.56 Å². The Labute approximate surface area is 216 Å². The van der Waals surface area contributed by atoms with Gasteiger partial charge < -0.3 is 9.84 Å². The van der Waals surface area contributed by atoms with Crippen LogP contribution >= 0.6 is 11.6 Å². The summed E-state index contributed by atoms with van der Waals surface area (Å²) < 4.78 is 5.47. The van der Waals surface area contributed by atoms with E-state index in [1.807, 2.05) is 48.5 Å². The van der Waals surface area contributed by atoms with Gasteiger partial charge in [0, 0.05) is 16.5 Å². The zero-order valence-corrected chi connectivity index (χ0v) is 21.0. The summed E-state index contributed by atoms with van der Waals surface area (Å²) in [6.45, 7) is 4.25. The van der Waals surface area contributed by atoms with Crippen molar-refractivity contribution in [2.75, 3.05) is 13.1 Å². The zero-order valence-electron chi connectivity index (χ0n) is 20.2. The highest BCUT2D eigenvalue weighted by molar-refractivity contribution is 6.30. The Kier molecular flexibility index (Phi) is 7.44. The fraction of sp³-hybridized carbons (Fsp3) is 0.276. The third-order valence-electron chi connectivity index (χ3n) is 6.68. The third-order valence-corrected chi connectivity index (χ3v) is 6.93. The van der Waals surface area contributed by atoms with Crippen LogP contribution in [0.2, 0.25) is 5.02 Å². The minimum atomic E-state index is -0.165. The molecule has 0 aliphatic carbocycles. The third kappa shape index (κ3) is 5.83. The Morgan fingerprint density at radius 3 is 2.47 bits per heavy atom. The molecule has 1 aliphatic rings. The molecule has 0 saturated carbocycles. The van der Waals surface area contributed by atoms with Gasteiger partial charge in [-0.3, -0.25) is 9.69 Å². The van der Waals surface area contributed by atoms with Crippen LogP contribution in [0, 0.1) is 12.8 Å². The maximum absolute atomic E-state index is 13.3. The number of halogens is 1. The number of piperidine rings is 1. The van der Waals surface area contributed by atoms with Gasteiger partial charge in [-0.1, -0.05) is 76.9 Å². The van der Waals surface area contributed by atoms with Crippen LogP contribution in [-0.2, 0) is 11.3 Å². The average molecular weight is 501 g/mol. The van der Waals surface area contributed by atoms with Crippen LogP contribution in [0.5, 0.6) is 0 Å². The summed E-state index contributed by atoms with van der Waals surface area (Å²) in [5.41, 5.74) is 4.23. The molecule has 5 rings (SSSR count). The van der Waals surface area contributed by atoms with Gasteiger partial charge >= 0.3 is 0 Å². The minimum Gasteiger partial charge on any atom is -0.345 e. The first kappa shape index (κ1) is 24.2. The molecule has 184 valence electrons. The van der Waals surface area contributed by atoms with Gasteiger partial charge in [-0.05, 0) is 68.2 Å². The number of hydrogen-bond acceptors (Lipinski definition) is 5. The highest BCUT2D eigenvalue weighted by Gasteiger charge is 2.28. The maximum atomic E-state index is 13.3. The number of carbonyl (C=O) groups is 1. The number of hydrogen-bond donors (Lipinski definition) is 1. The molecule has 3 aromatic carbocycles. The van der Waals surface area contributed by atoms with Gasteiger partial charge in [-0.25, -0.2) is 0 Å². The first-order valence-electron chi connectivity index (χ1n) is 12.3. The lowest BCUT2D eigenvalue weighted by molar-refractivity contribution is -0.127. The standard InChI is InChI=1S/C29H29ClN4O2/c1-20-6-5-9-24(18-20)27(21-7-3-2-4-8-21)32-29(35)23-14-16-34(17-15-23)19-26-31-28(33-36-26)22-10-12-25(30)13-11-22/h2-13,18,23,27H,14-17,19H2,1H3,(H,32,35). The van der Waals surface area contributed by atoms with E-state index in [9.17, 15) is 4.79 Å². The summed E-state index contributed by atoms with van der Waals surface area (Å²) in [5, 5.41) is 8.10. The quantitative estimate of drug-likeness (QED) is 0.346. The molecule has 1 amide bonds. The number of nitrogens with one attached hydrogen (secondary N) is 1. The number of aromatic nitrogens is 2. The number of likely N-dealkylation sites (tertiary alicyclic amines) is 1. The van der Waals surface area contributed by atoms with E-state index >= 15 is 0 Å². The molecule has 0 bridgehead atoms. The van der Waals surface area contributed by atoms with E-state index in [1.54, 1.807) is 0 Å². The summed E-state index contributed by atoms with van der Waals surface area (Å²) in [7, 11) is 0.